The van der Waals surface area contributed by atoms with Gasteiger partial charge in [0.15, 0.2) is 0 Å². The largest absolute Gasteiger partial charge is 0.377 e. The molecule has 5 heteroatoms. The van der Waals surface area contributed by atoms with Gasteiger partial charge in [0.25, 0.3) is 0 Å². The summed E-state index contributed by atoms with van der Waals surface area (Å²) >= 11 is 1.57. The molecule has 0 spiro atoms. The third-order valence-corrected chi connectivity index (χ3v) is 4.87. The zero-order chi connectivity index (χ0) is 18.2. The van der Waals surface area contributed by atoms with Crippen LogP contribution in [0, 0.1) is 0 Å². The number of carbonyl (C=O) groups is 1. The summed E-state index contributed by atoms with van der Waals surface area (Å²) in [5.41, 5.74) is 3.14. The number of ether oxygens (including phenoxy) is 1. The highest BCUT2D eigenvalue weighted by Gasteiger charge is 2.04. The molecule has 0 saturated carbocycles. The van der Waals surface area contributed by atoms with Crippen LogP contribution in [0.1, 0.15) is 29.5 Å². The van der Waals surface area contributed by atoms with E-state index in [0.717, 1.165) is 39.4 Å². The second kappa shape index (κ2) is 9.27. The number of rotatable bonds is 8. The van der Waals surface area contributed by atoms with Gasteiger partial charge in [-0.1, -0.05) is 43.3 Å². The van der Waals surface area contributed by atoms with Gasteiger partial charge in [0.05, 0.1) is 16.8 Å². The predicted octanol–water partition coefficient (Wildman–Crippen LogP) is 4.55. The number of hydrogen-bond donors (Lipinski definition) is 1. The Balaban J connectivity index is 1.57. The molecule has 0 unspecified atom stereocenters. The summed E-state index contributed by atoms with van der Waals surface area (Å²) in [6.07, 6.45) is 4.29. The molecule has 0 radical (unpaired) electrons. The quantitative estimate of drug-likeness (QED) is 0.470. The van der Waals surface area contributed by atoms with Crippen molar-refractivity contribution < 1.29 is 9.53 Å². The Morgan fingerprint density at radius 3 is 2.73 bits per heavy atom. The Kier molecular flexibility index (Phi) is 6.52. The van der Waals surface area contributed by atoms with Gasteiger partial charge in [-0.3, -0.25) is 4.79 Å². The number of para-hydroxylation sites is 1. The number of fused-ring (bicyclic) bond motifs is 1. The highest BCUT2D eigenvalue weighted by Crippen LogP contribution is 2.22. The van der Waals surface area contributed by atoms with Gasteiger partial charge in [-0.15, -0.1) is 11.3 Å². The number of nitrogens with zero attached hydrogens (tertiary/aromatic N) is 1. The van der Waals surface area contributed by atoms with E-state index in [-0.39, 0.29) is 5.91 Å². The standard InChI is InChI=1S/C21H22N2O2S/c1-2-13-25-15-17-8-4-3-7-16(17)14-22-20(24)11-12-21-23-18-9-5-6-10-19(18)26-21/h3-12H,2,13-15H2,1H3,(H,22,24)/b12-11+. The molecule has 0 aliphatic carbocycles. The van der Waals surface area contributed by atoms with E-state index >= 15 is 0 Å². The minimum absolute atomic E-state index is 0.131. The molecule has 1 heterocycles. The molecule has 0 saturated heterocycles. The Hall–Kier alpha value is -2.50. The molecule has 1 aromatic heterocycles. The van der Waals surface area contributed by atoms with E-state index in [4.69, 9.17) is 4.74 Å². The lowest BCUT2D eigenvalue weighted by Gasteiger charge is -2.10. The fourth-order valence-electron chi connectivity index (χ4n) is 2.55. The van der Waals surface area contributed by atoms with Crippen molar-refractivity contribution in [2.75, 3.05) is 6.61 Å². The number of benzene rings is 2. The average Bonchev–Trinajstić information content (AvgIpc) is 3.09. The summed E-state index contributed by atoms with van der Waals surface area (Å²) < 4.78 is 6.74. The second-order valence-corrected chi connectivity index (χ2v) is 6.95. The Labute approximate surface area is 157 Å². The molecular formula is C21H22N2O2S. The highest BCUT2D eigenvalue weighted by atomic mass is 32.1. The number of aromatic nitrogens is 1. The average molecular weight is 366 g/mol. The van der Waals surface area contributed by atoms with Crippen molar-refractivity contribution >= 4 is 33.5 Å². The highest BCUT2D eigenvalue weighted by molar-refractivity contribution is 7.19. The third kappa shape index (κ3) is 5.00. The zero-order valence-corrected chi connectivity index (χ0v) is 15.6. The van der Waals surface area contributed by atoms with Gasteiger partial charge in [-0.2, -0.15) is 0 Å². The van der Waals surface area contributed by atoms with Gasteiger partial charge in [-0.05, 0) is 35.8 Å². The van der Waals surface area contributed by atoms with Crippen LogP contribution < -0.4 is 5.32 Å². The third-order valence-electron chi connectivity index (χ3n) is 3.87. The number of nitrogens with one attached hydrogen (secondary N) is 1. The second-order valence-electron chi connectivity index (χ2n) is 5.89. The lowest BCUT2D eigenvalue weighted by Crippen LogP contribution is -2.21. The first-order valence-corrected chi connectivity index (χ1v) is 9.54. The van der Waals surface area contributed by atoms with Crippen LogP contribution in [0.2, 0.25) is 0 Å². The van der Waals surface area contributed by atoms with Crippen LogP contribution in [0.3, 0.4) is 0 Å². The molecule has 0 atom stereocenters. The van der Waals surface area contributed by atoms with Crippen LogP contribution in [-0.2, 0) is 22.7 Å². The van der Waals surface area contributed by atoms with E-state index in [1.165, 1.54) is 6.08 Å². The summed E-state index contributed by atoms with van der Waals surface area (Å²) in [6, 6.07) is 16.0. The van der Waals surface area contributed by atoms with Gasteiger partial charge in [0.1, 0.15) is 5.01 Å². The molecule has 134 valence electrons. The molecule has 2 aromatic carbocycles. The van der Waals surface area contributed by atoms with Crippen LogP contribution in [-0.4, -0.2) is 17.5 Å². The first kappa shape index (κ1) is 18.3. The maximum atomic E-state index is 12.1. The summed E-state index contributed by atoms with van der Waals surface area (Å²) in [7, 11) is 0. The fraction of sp³-hybridized carbons (Fsp3) is 0.238. The summed E-state index contributed by atoms with van der Waals surface area (Å²) in [4.78, 5) is 16.6. The first-order valence-electron chi connectivity index (χ1n) is 8.72. The van der Waals surface area contributed by atoms with Crippen molar-refractivity contribution in [3.63, 3.8) is 0 Å². The van der Waals surface area contributed by atoms with E-state index in [9.17, 15) is 4.79 Å². The molecule has 3 rings (SSSR count). The minimum Gasteiger partial charge on any atom is -0.377 e. The molecule has 3 aromatic rings. The van der Waals surface area contributed by atoms with Crippen molar-refractivity contribution in [1.29, 1.82) is 0 Å². The van der Waals surface area contributed by atoms with E-state index < -0.39 is 0 Å². The van der Waals surface area contributed by atoms with Crippen LogP contribution >= 0.6 is 11.3 Å². The molecule has 4 nitrogen and oxygen atoms in total. The molecule has 0 bridgehead atoms. The predicted molar refractivity (Wildman–Crippen MR) is 107 cm³/mol. The van der Waals surface area contributed by atoms with E-state index in [2.05, 4.69) is 17.2 Å². The van der Waals surface area contributed by atoms with Gasteiger partial charge in [0.2, 0.25) is 5.91 Å². The van der Waals surface area contributed by atoms with Gasteiger partial charge < -0.3 is 10.1 Å². The van der Waals surface area contributed by atoms with Crippen LogP contribution in [0.4, 0.5) is 0 Å². The maximum absolute atomic E-state index is 12.1. The van der Waals surface area contributed by atoms with E-state index in [1.54, 1.807) is 17.4 Å². The number of hydrogen-bond acceptors (Lipinski definition) is 4. The smallest absolute Gasteiger partial charge is 0.244 e. The molecule has 26 heavy (non-hydrogen) atoms. The number of carbonyl (C=O) groups excluding carboxylic acids is 1. The molecule has 0 aliphatic heterocycles. The maximum Gasteiger partial charge on any atom is 0.244 e. The van der Waals surface area contributed by atoms with Crippen molar-refractivity contribution in [1.82, 2.24) is 10.3 Å². The SMILES string of the molecule is CCCOCc1ccccc1CNC(=O)/C=C/c1nc2ccccc2s1. The lowest BCUT2D eigenvalue weighted by atomic mass is 10.1. The molecular weight excluding hydrogens is 344 g/mol. The van der Waals surface area contributed by atoms with Gasteiger partial charge in [0, 0.05) is 19.2 Å². The molecule has 1 N–H and O–H groups in total. The summed E-state index contributed by atoms with van der Waals surface area (Å²) in [5.74, 6) is -0.131. The van der Waals surface area contributed by atoms with Crippen LogP contribution in [0.5, 0.6) is 0 Å². The fourth-order valence-corrected chi connectivity index (χ4v) is 3.42. The molecule has 0 fully saturated rings. The lowest BCUT2D eigenvalue weighted by molar-refractivity contribution is -0.116. The van der Waals surface area contributed by atoms with Crippen molar-refractivity contribution in [2.45, 2.75) is 26.5 Å². The minimum atomic E-state index is -0.131. The van der Waals surface area contributed by atoms with Crippen molar-refractivity contribution in [2.24, 2.45) is 0 Å². The Morgan fingerprint density at radius 1 is 1.15 bits per heavy atom. The first-order chi connectivity index (χ1) is 12.8. The molecule has 1 amide bonds. The zero-order valence-electron chi connectivity index (χ0n) is 14.8. The van der Waals surface area contributed by atoms with Crippen molar-refractivity contribution in [3.8, 4) is 0 Å². The van der Waals surface area contributed by atoms with E-state index in [1.807, 2.05) is 48.5 Å². The molecule has 0 aliphatic rings. The number of amides is 1. The monoisotopic (exact) mass is 366 g/mol. The summed E-state index contributed by atoms with van der Waals surface area (Å²) in [6.45, 7) is 3.88. The van der Waals surface area contributed by atoms with E-state index in [0.29, 0.717) is 13.2 Å². The Bertz CT molecular complexity index is 869. The van der Waals surface area contributed by atoms with Crippen LogP contribution in [0.25, 0.3) is 16.3 Å². The normalized spacial score (nSPS) is 11.3. The van der Waals surface area contributed by atoms with Gasteiger partial charge in [-0.25, -0.2) is 4.98 Å². The Morgan fingerprint density at radius 2 is 1.92 bits per heavy atom. The number of thiazole rings is 1. The topological polar surface area (TPSA) is 51.2 Å². The van der Waals surface area contributed by atoms with Gasteiger partial charge >= 0.3 is 0 Å². The van der Waals surface area contributed by atoms with Crippen LogP contribution in [0.15, 0.2) is 54.6 Å². The van der Waals surface area contributed by atoms with Crippen molar-refractivity contribution in [3.05, 3.63) is 70.7 Å². The summed E-state index contributed by atoms with van der Waals surface area (Å²) in [5, 5.41) is 3.76.